The fourth-order valence-corrected chi connectivity index (χ4v) is 4.31. The van der Waals surface area contributed by atoms with Gasteiger partial charge in [0, 0.05) is 23.5 Å². The molecule has 4 aromatic rings. The summed E-state index contributed by atoms with van der Waals surface area (Å²) in [6.45, 7) is 5.14. The van der Waals surface area contributed by atoms with Crippen LogP contribution in [0.1, 0.15) is 25.8 Å². The van der Waals surface area contributed by atoms with Gasteiger partial charge in [0.05, 0.1) is 5.75 Å². The maximum atomic E-state index is 13.2. The van der Waals surface area contributed by atoms with Gasteiger partial charge in [-0.3, -0.25) is 14.2 Å². The lowest BCUT2D eigenvalue weighted by molar-refractivity contribution is -0.118. The summed E-state index contributed by atoms with van der Waals surface area (Å²) in [5.74, 6) is 0.448. The van der Waals surface area contributed by atoms with Gasteiger partial charge in [0.15, 0.2) is 5.16 Å². The fourth-order valence-electron chi connectivity index (χ4n) is 3.33. The zero-order valence-electron chi connectivity index (χ0n) is 17.9. The molecule has 0 bridgehead atoms. The lowest BCUT2D eigenvalue weighted by atomic mass is 10.1. The van der Waals surface area contributed by atoms with E-state index in [4.69, 9.17) is 21.0 Å². The van der Waals surface area contributed by atoms with Crippen LogP contribution in [0.3, 0.4) is 0 Å². The number of carbonyl (C=O) groups is 1. The molecule has 2 heterocycles. The Morgan fingerprint density at radius 1 is 1.19 bits per heavy atom. The molecule has 1 N–H and O–H groups in total. The summed E-state index contributed by atoms with van der Waals surface area (Å²) in [4.78, 5) is 30.4. The first-order chi connectivity index (χ1) is 15.4. The van der Waals surface area contributed by atoms with Crippen LogP contribution in [0, 0.1) is 5.92 Å². The Morgan fingerprint density at radius 3 is 2.69 bits per heavy atom. The Kier molecular flexibility index (Phi) is 6.86. The Hall–Kier alpha value is -2.77. The van der Waals surface area contributed by atoms with Gasteiger partial charge in [-0.1, -0.05) is 61.5 Å². The highest BCUT2D eigenvalue weighted by molar-refractivity contribution is 7.99. The molecule has 32 heavy (non-hydrogen) atoms. The van der Waals surface area contributed by atoms with Gasteiger partial charge in [0.2, 0.25) is 11.5 Å². The largest absolute Gasteiger partial charge is 0.448 e. The van der Waals surface area contributed by atoms with Gasteiger partial charge in [-0.25, -0.2) is 4.98 Å². The van der Waals surface area contributed by atoms with Crippen LogP contribution in [0.2, 0.25) is 5.02 Å². The molecule has 2 aromatic carbocycles. The molecule has 166 valence electrons. The van der Waals surface area contributed by atoms with Gasteiger partial charge in [0.1, 0.15) is 11.1 Å². The molecule has 0 aliphatic carbocycles. The van der Waals surface area contributed by atoms with Crippen molar-refractivity contribution in [2.75, 3.05) is 5.75 Å². The molecule has 0 spiro atoms. The summed E-state index contributed by atoms with van der Waals surface area (Å²) in [6, 6.07) is 14.8. The second-order valence-corrected chi connectivity index (χ2v) is 9.38. The zero-order chi connectivity index (χ0) is 22.7. The first-order valence-corrected chi connectivity index (χ1v) is 11.8. The number of benzene rings is 2. The zero-order valence-corrected chi connectivity index (χ0v) is 19.5. The molecule has 8 heteroatoms. The minimum absolute atomic E-state index is 0.133. The molecule has 1 amide bonds. The lowest BCUT2D eigenvalue weighted by Crippen LogP contribution is -2.27. The number of thioether (sulfide) groups is 1. The molecule has 0 aliphatic rings. The number of para-hydroxylation sites is 1. The van der Waals surface area contributed by atoms with Crippen molar-refractivity contribution < 1.29 is 9.21 Å². The number of nitrogens with one attached hydrogen (secondary N) is 1. The van der Waals surface area contributed by atoms with E-state index in [1.54, 1.807) is 16.7 Å². The van der Waals surface area contributed by atoms with Crippen molar-refractivity contribution in [3.8, 4) is 0 Å². The standard InChI is InChI=1S/C24H24ClN3O3S/c1-15(2)11-12-28-23(30)22-21(18-5-3-4-6-19(18)31-22)27-24(28)32-14-20(29)26-13-16-7-9-17(25)10-8-16/h3-10,15H,11-14H2,1-2H3,(H,26,29). The minimum Gasteiger partial charge on any atom is -0.448 e. The maximum absolute atomic E-state index is 13.2. The second-order valence-electron chi connectivity index (χ2n) is 8.00. The number of carbonyl (C=O) groups excluding carboxylic acids is 1. The van der Waals surface area contributed by atoms with E-state index in [9.17, 15) is 9.59 Å². The van der Waals surface area contributed by atoms with E-state index in [0.717, 1.165) is 17.4 Å². The Labute approximate surface area is 195 Å². The van der Waals surface area contributed by atoms with Crippen LogP contribution in [-0.4, -0.2) is 21.2 Å². The molecule has 4 rings (SSSR count). The first kappa shape index (κ1) is 22.4. The van der Waals surface area contributed by atoms with E-state index in [1.807, 2.05) is 36.4 Å². The Bertz CT molecular complexity index is 1310. The van der Waals surface area contributed by atoms with Gasteiger partial charge < -0.3 is 9.73 Å². The summed E-state index contributed by atoms with van der Waals surface area (Å²) in [7, 11) is 0. The van der Waals surface area contributed by atoms with Crippen LogP contribution < -0.4 is 10.9 Å². The number of rotatable bonds is 8. The number of amides is 1. The molecule has 0 atom stereocenters. The summed E-state index contributed by atoms with van der Waals surface area (Å²) in [6.07, 6.45) is 0.823. The summed E-state index contributed by atoms with van der Waals surface area (Å²) < 4.78 is 7.44. The molecule has 0 saturated carbocycles. The Balaban J connectivity index is 1.57. The number of hydrogen-bond donors (Lipinski definition) is 1. The average Bonchev–Trinajstić information content (AvgIpc) is 3.15. The van der Waals surface area contributed by atoms with Crippen molar-refractivity contribution in [3.05, 3.63) is 69.5 Å². The summed E-state index contributed by atoms with van der Waals surface area (Å²) in [5, 5.41) is 4.87. The van der Waals surface area contributed by atoms with Gasteiger partial charge in [-0.15, -0.1) is 0 Å². The van der Waals surface area contributed by atoms with E-state index >= 15 is 0 Å². The molecule has 0 saturated heterocycles. The molecule has 0 radical (unpaired) electrons. The molecular formula is C24H24ClN3O3S. The van der Waals surface area contributed by atoms with Crippen LogP contribution in [0.4, 0.5) is 0 Å². The van der Waals surface area contributed by atoms with Gasteiger partial charge in [-0.05, 0) is 42.2 Å². The van der Waals surface area contributed by atoms with E-state index in [2.05, 4.69) is 19.2 Å². The molecule has 2 aromatic heterocycles. The van der Waals surface area contributed by atoms with Crippen molar-refractivity contribution in [1.29, 1.82) is 0 Å². The fraction of sp³-hybridized carbons (Fsp3) is 0.292. The van der Waals surface area contributed by atoms with Crippen molar-refractivity contribution in [2.24, 2.45) is 5.92 Å². The smallest absolute Gasteiger partial charge is 0.297 e. The van der Waals surface area contributed by atoms with E-state index in [1.165, 1.54) is 11.8 Å². The van der Waals surface area contributed by atoms with E-state index < -0.39 is 0 Å². The maximum Gasteiger partial charge on any atom is 0.297 e. The highest BCUT2D eigenvalue weighted by Gasteiger charge is 2.18. The molecule has 0 aliphatic heterocycles. The minimum atomic E-state index is -0.212. The van der Waals surface area contributed by atoms with Gasteiger partial charge in [0.25, 0.3) is 5.56 Å². The number of hydrogen-bond acceptors (Lipinski definition) is 5. The first-order valence-electron chi connectivity index (χ1n) is 10.5. The highest BCUT2D eigenvalue weighted by Crippen LogP contribution is 2.27. The lowest BCUT2D eigenvalue weighted by Gasteiger charge is -2.13. The second kappa shape index (κ2) is 9.79. The van der Waals surface area contributed by atoms with Crippen molar-refractivity contribution in [3.63, 3.8) is 0 Å². The number of furan rings is 1. The van der Waals surface area contributed by atoms with Crippen LogP contribution in [-0.2, 0) is 17.9 Å². The van der Waals surface area contributed by atoms with Crippen molar-refractivity contribution in [1.82, 2.24) is 14.9 Å². The third kappa shape index (κ3) is 5.00. The van der Waals surface area contributed by atoms with Gasteiger partial charge >= 0.3 is 0 Å². The highest BCUT2D eigenvalue weighted by atomic mass is 35.5. The number of fused-ring (bicyclic) bond motifs is 3. The van der Waals surface area contributed by atoms with Crippen LogP contribution >= 0.6 is 23.4 Å². The number of aromatic nitrogens is 2. The summed E-state index contributed by atoms with van der Waals surface area (Å²) >= 11 is 7.16. The SMILES string of the molecule is CC(C)CCn1c(SCC(=O)NCc2ccc(Cl)cc2)nc2c(oc3ccccc32)c1=O. The normalized spacial score (nSPS) is 11.5. The average molecular weight is 470 g/mol. The third-order valence-electron chi connectivity index (χ3n) is 5.11. The van der Waals surface area contributed by atoms with E-state index in [-0.39, 0.29) is 22.8 Å². The topological polar surface area (TPSA) is 77.1 Å². The monoisotopic (exact) mass is 469 g/mol. The van der Waals surface area contributed by atoms with Crippen molar-refractivity contribution >= 4 is 51.3 Å². The van der Waals surface area contributed by atoms with Crippen LogP contribution in [0.15, 0.2) is 62.9 Å². The van der Waals surface area contributed by atoms with E-state index in [0.29, 0.717) is 40.3 Å². The Morgan fingerprint density at radius 2 is 1.94 bits per heavy atom. The molecular weight excluding hydrogens is 446 g/mol. The molecule has 6 nitrogen and oxygen atoms in total. The molecule has 0 fully saturated rings. The third-order valence-corrected chi connectivity index (χ3v) is 6.34. The predicted molar refractivity (Wildman–Crippen MR) is 129 cm³/mol. The summed E-state index contributed by atoms with van der Waals surface area (Å²) in [5.41, 5.74) is 2.18. The van der Waals surface area contributed by atoms with Crippen molar-refractivity contribution in [2.45, 2.75) is 38.5 Å². The number of nitrogens with zero attached hydrogens (tertiary/aromatic N) is 2. The van der Waals surface area contributed by atoms with Crippen LogP contribution in [0.25, 0.3) is 22.1 Å². The van der Waals surface area contributed by atoms with Crippen LogP contribution in [0.5, 0.6) is 0 Å². The molecule has 0 unspecified atom stereocenters. The predicted octanol–water partition coefficient (Wildman–Crippen LogP) is 5.25. The number of halogens is 1. The quantitative estimate of drug-likeness (QED) is 0.281. The van der Waals surface area contributed by atoms with Gasteiger partial charge in [-0.2, -0.15) is 0 Å².